The smallest absolute Gasteiger partial charge is 0.235 e. The van der Waals surface area contributed by atoms with E-state index >= 15 is 0 Å². The zero-order valence-electron chi connectivity index (χ0n) is 31.3. The molecule has 0 aliphatic rings. The van der Waals surface area contributed by atoms with E-state index in [4.69, 9.17) is 9.97 Å². The Kier molecular flexibility index (Phi) is 7.16. The van der Waals surface area contributed by atoms with E-state index in [1.54, 1.807) is 0 Å². The van der Waals surface area contributed by atoms with Crippen LogP contribution in [0.4, 0.5) is 0 Å². The summed E-state index contributed by atoms with van der Waals surface area (Å²) in [5.41, 5.74) is 12.8. The minimum atomic E-state index is 0.642. The molecule has 0 radical (unpaired) electrons. The molecule has 12 aromatic rings. The lowest BCUT2D eigenvalue weighted by Crippen LogP contribution is -2.03. The van der Waals surface area contributed by atoms with Crippen molar-refractivity contribution in [3.63, 3.8) is 0 Å². The normalized spacial score (nSPS) is 11.8. The summed E-state index contributed by atoms with van der Waals surface area (Å²) in [6, 6.07) is 69.0. The van der Waals surface area contributed by atoms with Crippen molar-refractivity contribution in [3.8, 4) is 45.3 Å². The summed E-state index contributed by atoms with van der Waals surface area (Å²) in [6.07, 6.45) is 1.83. The van der Waals surface area contributed by atoms with Crippen LogP contribution in [0.2, 0.25) is 0 Å². The summed E-state index contributed by atoms with van der Waals surface area (Å²) < 4.78 is 4.62. The number of fused-ring (bicyclic) bond motifs is 9. The summed E-state index contributed by atoms with van der Waals surface area (Å²) in [5.74, 6) is 0.642. The molecule has 58 heavy (non-hydrogen) atoms. The third-order valence-corrected chi connectivity index (χ3v) is 11.6. The van der Waals surface area contributed by atoms with E-state index in [9.17, 15) is 0 Å². The number of benzene rings is 8. The fraction of sp³-hybridized carbons (Fsp3) is 0. The lowest BCUT2D eigenvalue weighted by atomic mass is 9.97. The van der Waals surface area contributed by atoms with Gasteiger partial charge in [0.05, 0.1) is 39.0 Å². The molecule has 0 bridgehead atoms. The molecule has 270 valence electrons. The van der Waals surface area contributed by atoms with Crippen LogP contribution in [0.25, 0.3) is 111 Å². The minimum absolute atomic E-state index is 0.642. The fourth-order valence-corrected chi connectivity index (χ4v) is 8.90. The standard InChI is InChI=1S/C53H33N5/c1-2-12-39(13-3-1)57-47-19-8-5-14-40(47)41-29-27-38(33-50(41)57)37-26-21-34-28-30-49-51(44(34)32-37)43-16-6-9-20-48(43)58(49)53-55-46-18-7-4-15-42(46)52(56-53)36-24-22-35(23-25-36)45-17-10-11-31-54-45/h1-33H. The average molecular weight is 740 g/mol. The zero-order valence-corrected chi connectivity index (χ0v) is 31.3. The molecular formula is C53H33N5. The molecule has 0 saturated carbocycles. The molecule has 5 heteroatoms. The molecule has 0 aliphatic carbocycles. The van der Waals surface area contributed by atoms with Crippen LogP contribution in [0.5, 0.6) is 0 Å². The van der Waals surface area contributed by atoms with Gasteiger partial charge in [0.1, 0.15) is 0 Å². The first-order chi connectivity index (χ1) is 28.8. The number of hydrogen-bond donors (Lipinski definition) is 0. The van der Waals surface area contributed by atoms with Gasteiger partial charge in [0, 0.05) is 49.9 Å². The second kappa shape index (κ2) is 12.8. The number of rotatable bonds is 5. The molecule has 0 unspecified atom stereocenters. The molecule has 0 spiro atoms. The van der Waals surface area contributed by atoms with Crippen LogP contribution in [0.15, 0.2) is 200 Å². The predicted octanol–water partition coefficient (Wildman–Crippen LogP) is 13.4. The van der Waals surface area contributed by atoms with Gasteiger partial charge in [0.2, 0.25) is 5.95 Å². The van der Waals surface area contributed by atoms with Crippen molar-refractivity contribution in [2.45, 2.75) is 0 Å². The molecule has 0 atom stereocenters. The maximum atomic E-state index is 5.38. The molecule has 0 N–H and O–H groups in total. The van der Waals surface area contributed by atoms with Crippen molar-refractivity contribution >= 4 is 65.3 Å². The number of para-hydroxylation sites is 4. The van der Waals surface area contributed by atoms with E-state index in [0.717, 1.165) is 55.5 Å². The van der Waals surface area contributed by atoms with Gasteiger partial charge in [0.25, 0.3) is 0 Å². The number of hydrogen-bond acceptors (Lipinski definition) is 3. The van der Waals surface area contributed by atoms with Crippen LogP contribution in [0.1, 0.15) is 0 Å². The van der Waals surface area contributed by atoms with Gasteiger partial charge < -0.3 is 4.57 Å². The number of nitrogens with zero attached hydrogens (tertiary/aromatic N) is 5. The lowest BCUT2D eigenvalue weighted by molar-refractivity contribution is 1.01. The Labute approximate surface area is 333 Å². The van der Waals surface area contributed by atoms with E-state index < -0.39 is 0 Å². The van der Waals surface area contributed by atoms with Crippen molar-refractivity contribution in [2.24, 2.45) is 0 Å². The van der Waals surface area contributed by atoms with Gasteiger partial charge in [-0.05, 0) is 82.6 Å². The third-order valence-electron chi connectivity index (χ3n) is 11.6. The second-order valence-electron chi connectivity index (χ2n) is 14.8. The van der Waals surface area contributed by atoms with Crippen LogP contribution >= 0.6 is 0 Å². The van der Waals surface area contributed by atoms with E-state index in [0.29, 0.717) is 5.95 Å². The Bertz CT molecular complexity index is 3550. The summed E-state index contributed by atoms with van der Waals surface area (Å²) in [4.78, 5) is 15.2. The Balaban J connectivity index is 1.05. The van der Waals surface area contributed by atoms with Gasteiger partial charge in [-0.1, -0.05) is 133 Å². The monoisotopic (exact) mass is 739 g/mol. The molecule has 0 amide bonds. The first-order valence-electron chi connectivity index (χ1n) is 19.6. The van der Waals surface area contributed by atoms with Crippen LogP contribution in [-0.4, -0.2) is 24.1 Å². The first kappa shape index (κ1) is 32.4. The largest absolute Gasteiger partial charge is 0.309 e. The number of aromatic nitrogens is 5. The molecule has 12 rings (SSSR count). The zero-order chi connectivity index (χ0) is 38.2. The third kappa shape index (κ3) is 5.00. The van der Waals surface area contributed by atoms with Gasteiger partial charge in [-0.2, -0.15) is 0 Å². The van der Waals surface area contributed by atoms with Crippen molar-refractivity contribution in [1.29, 1.82) is 0 Å². The van der Waals surface area contributed by atoms with Gasteiger partial charge in [-0.25, -0.2) is 9.97 Å². The highest BCUT2D eigenvalue weighted by molar-refractivity contribution is 6.22. The van der Waals surface area contributed by atoms with Crippen LogP contribution in [0, 0.1) is 0 Å². The Morgan fingerprint density at radius 1 is 0.362 bits per heavy atom. The fourth-order valence-electron chi connectivity index (χ4n) is 8.90. The second-order valence-corrected chi connectivity index (χ2v) is 14.8. The molecule has 0 aliphatic heterocycles. The highest BCUT2D eigenvalue weighted by Gasteiger charge is 2.20. The van der Waals surface area contributed by atoms with Crippen LogP contribution in [0.3, 0.4) is 0 Å². The van der Waals surface area contributed by atoms with Gasteiger partial charge in [0.15, 0.2) is 0 Å². The molecular weight excluding hydrogens is 707 g/mol. The van der Waals surface area contributed by atoms with E-state index in [2.05, 4.69) is 184 Å². The summed E-state index contributed by atoms with van der Waals surface area (Å²) in [6.45, 7) is 0. The molecule has 5 nitrogen and oxygen atoms in total. The molecule has 4 aromatic heterocycles. The van der Waals surface area contributed by atoms with Crippen molar-refractivity contribution in [1.82, 2.24) is 24.1 Å². The molecule has 0 fully saturated rings. The first-order valence-corrected chi connectivity index (χ1v) is 19.6. The van der Waals surface area contributed by atoms with Crippen molar-refractivity contribution in [2.75, 3.05) is 0 Å². The van der Waals surface area contributed by atoms with Crippen LogP contribution in [-0.2, 0) is 0 Å². The molecule has 8 aromatic carbocycles. The average Bonchev–Trinajstić information content (AvgIpc) is 3.82. The highest BCUT2D eigenvalue weighted by Crippen LogP contribution is 2.40. The van der Waals surface area contributed by atoms with Gasteiger partial charge >= 0.3 is 0 Å². The van der Waals surface area contributed by atoms with E-state index in [1.165, 1.54) is 49.1 Å². The SMILES string of the molecule is c1ccc(-n2c3ccccc3c3ccc(-c4ccc5ccc6c(c5c4)c4ccccc4n6-c4nc(-c5ccc(-c6ccccn6)cc5)c5ccccc5n4)cc32)cc1. The quantitative estimate of drug-likeness (QED) is 0.177. The maximum absolute atomic E-state index is 5.38. The highest BCUT2D eigenvalue weighted by atomic mass is 15.2. The molecule has 0 saturated heterocycles. The van der Waals surface area contributed by atoms with E-state index in [-0.39, 0.29) is 0 Å². The predicted molar refractivity (Wildman–Crippen MR) is 240 cm³/mol. The van der Waals surface area contributed by atoms with Gasteiger partial charge in [-0.15, -0.1) is 0 Å². The minimum Gasteiger partial charge on any atom is -0.309 e. The van der Waals surface area contributed by atoms with Gasteiger partial charge in [-0.3, -0.25) is 9.55 Å². The lowest BCUT2D eigenvalue weighted by Gasteiger charge is -2.12. The Morgan fingerprint density at radius 2 is 1.00 bits per heavy atom. The Morgan fingerprint density at radius 3 is 1.83 bits per heavy atom. The molecule has 4 heterocycles. The maximum Gasteiger partial charge on any atom is 0.235 e. The topological polar surface area (TPSA) is 48.5 Å². The summed E-state index contributed by atoms with van der Waals surface area (Å²) >= 11 is 0. The van der Waals surface area contributed by atoms with Crippen LogP contribution < -0.4 is 0 Å². The number of pyridine rings is 1. The summed E-state index contributed by atoms with van der Waals surface area (Å²) in [5, 5.41) is 8.24. The van der Waals surface area contributed by atoms with E-state index in [1.807, 2.05) is 30.5 Å². The summed E-state index contributed by atoms with van der Waals surface area (Å²) in [7, 11) is 0. The van der Waals surface area contributed by atoms with Crippen molar-refractivity contribution in [3.05, 3.63) is 200 Å². The van der Waals surface area contributed by atoms with Crippen molar-refractivity contribution < 1.29 is 0 Å². The Hall–Kier alpha value is -7.89.